The molecule has 39 heavy (non-hydrogen) atoms. The first-order valence-electron chi connectivity index (χ1n) is 13.0. The monoisotopic (exact) mass is 520 g/mol. The fourth-order valence-corrected chi connectivity index (χ4v) is 7.17. The molecular formula is C34H24N4S. The largest absolute Gasteiger partial charge is 0.397 e. The highest BCUT2D eigenvalue weighted by molar-refractivity contribution is 7.23. The number of nitrogens with zero attached hydrogens (tertiary/aromatic N) is 2. The van der Waals surface area contributed by atoms with Crippen molar-refractivity contribution >= 4 is 65.6 Å². The molecule has 0 aliphatic carbocycles. The van der Waals surface area contributed by atoms with Crippen LogP contribution >= 0.6 is 11.3 Å². The Balaban J connectivity index is 1.42. The zero-order valence-corrected chi connectivity index (χ0v) is 21.8. The molecule has 0 saturated heterocycles. The Morgan fingerprint density at radius 3 is 1.87 bits per heavy atom. The lowest BCUT2D eigenvalue weighted by molar-refractivity contribution is 1.14. The van der Waals surface area contributed by atoms with Crippen molar-refractivity contribution in [1.29, 1.82) is 0 Å². The molecule has 0 fully saturated rings. The van der Waals surface area contributed by atoms with Crippen molar-refractivity contribution in [3.05, 3.63) is 121 Å². The summed E-state index contributed by atoms with van der Waals surface area (Å²) in [7, 11) is 0. The number of fused-ring (bicyclic) bond motifs is 5. The molecule has 0 saturated carbocycles. The van der Waals surface area contributed by atoms with E-state index >= 15 is 0 Å². The van der Waals surface area contributed by atoms with Crippen LogP contribution in [0, 0.1) is 0 Å². The number of nitrogen functional groups attached to an aromatic ring is 2. The Kier molecular flexibility index (Phi) is 4.66. The van der Waals surface area contributed by atoms with Crippen LogP contribution in [0.25, 0.3) is 64.6 Å². The Labute approximate surface area is 228 Å². The van der Waals surface area contributed by atoms with Gasteiger partial charge >= 0.3 is 0 Å². The van der Waals surface area contributed by atoms with Gasteiger partial charge in [-0.25, -0.2) is 0 Å². The summed E-state index contributed by atoms with van der Waals surface area (Å²) in [4.78, 5) is 1.02. The lowest BCUT2D eigenvalue weighted by Gasteiger charge is -2.11. The van der Waals surface area contributed by atoms with E-state index in [1.54, 1.807) is 11.3 Å². The third-order valence-corrected chi connectivity index (χ3v) is 8.91. The van der Waals surface area contributed by atoms with E-state index in [9.17, 15) is 0 Å². The van der Waals surface area contributed by atoms with Crippen LogP contribution in [-0.4, -0.2) is 9.13 Å². The van der Waals surface area contributed by atoms with Crippen LogP contribution in [0.15, 0.2) is 121 Å². The Morgan fingerprint density at radius 2 is 1.10 bits per heavy atom. The minimum absolute atomic E-state index is 0.695. The molecule has 3 aromatic heterocycles. The fourth-order valence-electron chi connectivity index (χ4n) is 5.98. The summed E-state index contributed by atoms with van der Waals surface area (Å²) >= 11 is 1.70. The van der Waals surface area contributed by atoms with Gasteiger partial charge in [0.05, 0.1) is 27.1 Å². The molecule has 0 atom stereocenters. The molecule has 0 amide bonds. The van der Waals surface area contributed by atoms with Gasteiger partial charge in [0, 0.05) is 43.2 Å². The number of thiophene rings is 1. The highest BCUT2D eigenvalue weighted by Crippen LogP contribution is 2.48. The molecule has 0 radical (unpaired) electrons. The van der Waals surface area contributed by atoms with Crippen molar-refractivity contribution in [2.24, 2.45) is 0 Å². The molecule has 0 unspecified atom stereocenters. The zero-order valence-electron chi connectivity index (χ0n) is 21.0. The van der Waals surface area contributed by atoms with Gasteiger partial charge in [0.2, 0.25) is 0 Å². The highest BCUT2D eigenvalue weighted by Gasteiger charge is 2.22. The molecule has 0 bridgehead atoms. The lowest BCUT2D eigenvalue weighted by Crippen LogP contribution is -2.01. The SMILES string of the molecule is Nc1c(-c2c(N)n(-c3ccc4c(c3)c3ccccc3n4-c3ccccc3)c3ccccc23)sc2ccccc12. The van der Waals surface area contributed by atoms with E-state index < -0.39 is 0 Å². The van der Waals surface area contributed by atoms with Gasteiger partial charge in [0.1, 0.15) is 5.82 Å². The molecule has 0 spiro atoms. The number of anilines is 2. The van der Waals surface area contributed by atoms with E-state index in [0.29, 0.717) is 5.82 Å². The van der Waals surface area contributed by atoms with Crippen LogP contribution in [0.2, 0.25) is 0 Å². The maximum Gasteiger partial charge on any atom is 0.117 e. The summed E-state index contributed by atoms with van der Waals surface area (Å²) in [5.74, 6) is 0.695. The number of benzene rings is 5. The fraction of sp³-hybridized carbons (Fsp3) is 0. The molecule has 8 rings (SSSR count). The van der Waals surface area contributed by atoms with Crippen LogP contribution in [0.4, 0.5) is 11.5 Å². The zero-order chi connectivity index (χ0) is 26.1. The maximum absolute atomic E-state index is 7.03. The van der Waals surface area contributed by atoms with Crippen molar-refractivity contribution in [1.82, 2.24) is 9.13 Å². The first-order chi connectivity index (χ1) is 19.2. The van der Waals surface area contributed by atoms with Gasteiger partial charge in [-0.15, -0.1) is 11.3 Å². The first-order valence-corrected chi connectivity index (χ1v) is 13.8. The molecule has 3 heterocycles. The minimum atomic E-state index is 0.695. The van der Waals surface area contributed by atoms with E-state index in [1.165, 1.54) is 16.3 Å². The summed E-state index contributed by atoms with van der Waals surface area (Å²) < 4.78 is 5.66. The summed E-state index contributed by atoms with van der Waals surface area (Å²) in [6.45, 7) is 0. The van der Waals surface area contributed by atoms with Crippen molar-refractivity contribution in [2.75, 3.05) is 11.5 Å². The Bertz CT molecular complexity index is 2200. The third-order valence-electron chi connectivity index (χ3n) is 7.70. The second-order valence-electron chi connectivity index (χ2n) is 9.84. The average molecular weight is 521 g/mol. The molecular weight excluding hydrogens is 496 g/mol. The number of hydrogen-bond donors (Lipinski definition) is 2. The lowest BCUT2D eigenvalue weighted by atomic mass is 10.1. The van der Waals surface area contributed by atoms with Gasteiger partial charge in [-0.2, -0.15) is 0 Å². The van der Waals surface area contributed by atoms with E-state index in [1.807, 2.05) is 6.07 Å². The predicted octanol–water partition coefficient (Wildman–Crippen LogP) is 8.77. The van der Waals surface area contributed by atoms with Crippen LogP contribution < -0.4 is 11.5 Å². The number of nitrogens with two attached hydrogens (primary N) is 2. The summed E-state index contributed by atoms with van der Waals surface area (Å²) in [5, 5.41) is 4.57. The third kappa shape index (κ3) is 3.11. The molecule has 4 N–H and O–H groups in total. The van der Waals surface area contributed by atoms with E-state index in [0.717, 1.165) is 54.0 Å². The van der Waals surface area contributed by atoms with Gasteiger partial charge in [-0.1, -0.05) is 72.8 Å². The van der Waals surface area contributed by atoms with Crippen LogP contribution in [0.5, 0.6) is 0 Å². The van der Waals surface area contributed by atoms with Gasteiger partial charge < -0.3 is 16.0 Å². The second-order valence-corrected chi connectivity index (χ2v) is 10.9. The quantitative estimate of drug-likeness (QED) is 0.245. The van der Waals surface area contributed by atoms with Crippen LogP contribution in [-0.2, 0) is 0 Å². The van der Waals surface area contributed by atoms with Crippen molar-refractivity contribution in [2.45, 2.75) is 0 Å². The molecule has 5 aromatic carbocycles. The van der Waals surface area contributed by atoms with E-state index in [-0.39, 0.29) is 0 Å². The minimum Gasteiger partial charge on any atom is -0.397 e. The van der Waals surface area contributed by atoms with Crippen molar-refractivity contribution in [3.8, 4) is 21.8 Å². The molecule has 0 aliphatic heterocycles. The normalized spacial score (nSPS) is 11.8. The number of hydrogen-bond acceptors (Lipinski definition) is 3. The topological polar surface area (TPSA) is 61.9 Å². The van der Waals surface area contributed by atoms with Crippen molar-refractivity contribution < 1.29 is 0 Å². The second kappa shape index (κ2) is 8.25. The Hall–Kier alpha value is -5.00. The summed E-state index contributed by atoms with van der Waals surface area (Å²) in [5.41, 5.74) is 21.1. The number of aromatic nitrogens is 2. The Morgan fingerprint density at radius 1 is 0.487 bits per heavy atom. The standard InChI is InChI=1S/C34H24N4S/c35-32-25-14-6-9-17-30(25)39-33(32)31-24-13-5-8-16-28(24)38(34(31)36)22-18-19-29-26(20-22)23-12-4-7-15-27(23)37(29)21-10-2-1-3-11-21/h1-20H,35-36H2. The maximum atomic E-state index is 7.03. The molecule has 4 nitrogen and oxygen atoms in total. The number of rotatable bonds is 3. The molecule has 5 heteroatoms. The first kappa shape index (κ1) is 22.0. The smallest absolute Gasteiger partial charge is 0.117 e. The molecule has 186 valence electrons. The van der Waals surface area contributed by atoms with Crippen molar-refractivity contribution in [3.63, 3.8) is 0 Å². The van der Waals surface area contributed by atoms with Gasteiger partial charge in [-0.05, 0) is 48.5 Å². The average Bonchev–Trinajstić information content (AvgIpc) is 3.59. The van der Waals surface area contributed by atoms with Gasteiger partial charge in [0.25, 0.3) is 0 Å². The number of para-hydroxylation sites is 3. The van der Waals surface area contributed by atoms with E-state index in [4.69, 9.17) is 11.5 Å². The van der Waals surface area contributed by atoms with Crippen LogP contribution in [0.3, 0.4) is 0 Å². The summed E-state index contributed by atoms with van der Waals surface area (Å²) in [6.07, 6.45) is 0. The van der Waals surface area contributed by atoms with Gasteiger partial charge in [0.15, 0.2) is 0 Å². The highest BCUT2D eigenvalue weighted by atomic mass is 32.1. The molecule has 0 aliphatic rings. The van der Waals surface area contributed by atoms with Gasteiger partial charge in [-0.3, -0.25) is 4.57 Å². The summed E-state index contributed by atoms with van der Waals surface area (Å²) in [6, 6.07) is 42.4. The van der Waals surface area contributed by atoms with Crippen LogP contribution in [0.1, 0.15) is 0 Å². The predicted molar refractivity (Wildman–Crippen MR) is 167 cm³/mol. The van der Waals surface area contributed by atoms with E-state index in [2.05, 4.69) is 124 Å². The molecule has 8 aromatic rings.